The van der Waals surface area contributed by atoms with Gasteiger partial charge in [0.25, 0.3) is 5.91 Å². The topological polar surface area (TPSA) is 80.3 Å². The average molecular weight is 506 g/mol. The van der Waals surface area contributed by atoms with E-state index in [2.05, 4.69) is 10.6 Å². The van der Waals surface area contributed by atoms with Crippen molar-refractivity contribution in [1.29, 1.82) is 0 Å². The van der Waals surface area contributed by atoms with Crippen LogP contribution >= 0.6 is 22.9 Å². The van der Waals surface area contributed by atoms with Gasteiger partial charge in [0.2, 0.25) is 0 Å². The molecule has 0 aliphatic heterocycles. The number of ether oxygens (including phenoxy) is 1. The molecule has 1 atom stereocenters. The Hall–Kier alpha value is -3.68. The summed E-state index contributed by atoms with van der Waals surface area (Å²) in [6, 6.07) is 23.3. The van der Waals surface area contributed by atoms with Crippen LogP contribution in [0.1, 0.15) is 20.8 Å². The molecular formula is C27H24ClN3O3S. The summed E-state index contributed by atoms with van der Waals surface area (Å²) in [4.78, 5) is 31.0. The van der Waals surface area contributed by atoms with Gasteiger partial charge in [-0.2, -0.15) is 0 Å². The lowest BCUT2D eigenvalue weighted by Crippen LogP contribution is -2.43. The Morgan fingerprint density at radius 3 is 2.49 bits per heavy atom. The zero-order valence-corrected chi connectivity index (χ0v) is 20.8. The van der Waals surface area contributed by atoms with Crippen molar-refractivity contribution in [2.75, 3.05) is 12.4 Å². The number of methoxy groups -OCH3 is 1. The van der Waals surface area contributed by atoms with Gasteiger partial charge in [-0.25, -0.2) is 9.78 Å². The third-order valence-electron chi connectivity index (χ3n) is 5.36. The predicted molar refractivity (Wildman–Crippen MR) is 140 cm³/mol. The van der Waals surface area contributed by atoms with Crippen molar-refractivity contribution in [3.63, 3.8) is 0 Å². The summed E-state index contributed by atoms with van der Waals surface area (Å²) in [5, 5.41) is 7.46. The van der Waals surface area contributed by atoms with Gasteiger partial charge in [-0.1, -0.05) is 60.1 Å². The number of benzene rings is 3. The summed E-state index contributed by atoms with van der Waals surface area (Å²) >= 11 is 7.53. The van der Waals surface area contributed by atoms with Crippen LogP contribution in [0.4, 0.5) is 10.8 Å². The quantitative estimate of drug-likeness (QED) is 0.286. The molecule has 35 heavy (non-hydrogen) atoms. The summed E-state index contributed by atoms with van der Waals surface area (Å²) in [6.07, 6.45) is 0.336. The van der Waals surface area contributed by atoms with Gasteiger partial charge in [0.05, 0.1) is 12.8 Å². The van der Waals surface area contributed by atoms with Crippen LogP contribution < -0.4 is 10.6 Å². The van der Waals surface area contributed by atoms with Crippen LogP contribution in [0, 0.1) is 6.92 Å². The summed E-state index contributed by atoms with van der Waals surface area (Å²) in [5.74, 6) is -0.860. The number of carbonyl (C=O) groups excluding carboxylic acids is 2. The van der Waals surface area contributed by atoms with Crippen LogP contribution in [0.15, 0.2) is 78.9 Å². The number of nitrogens with one attached hydrogen (secondary N) is 2. The molecule has 4 rings (SSSR count). The lowest BCUT2D eigenvalue weighted by Gasteiger charge is -2.17. The first-order valence-corrected chi connectivity index (χ1v) is 12.2. The maximum atomic E-state index is 13.0. The Balaban J connectivity index is 1.48. The number of anilines is 2. The number of aromatic nitrogens is 1. The number of hydrogen-bond donors (Lipinski definition) is 2. The normalized spacial score (nSPS) is 11.5. The first-order valence-electron chi connectivity index (χ1n) is 11.0. The molecule has 0 aliphatic rings. The fourth-order valence-corrected chi connectivity index (χ4v) is 4.60. The van der Waals surface area contributed by atoms with E-state index < -0.39 is 12.0 Å². The highest BCUT2D eigenvalue weighted by Gasteiger charge is 2.23. The van der Waals surface area contributed by atoms with Gasteiger partial charge < -0.3 is 15.4 Å². The third-order valence-corrected chi connectivity index (χ3v) is 6.50. The second-order valence-electron chi connectivity index (χ2n) is 7.88. The van der Waals surface area contributed by atoms with Crippen LogP contribution in [0.2, 0.25) is 5.02 Å². The van der Waals surface area contributed by atoms with Crippen molar-refractivity contribution in [2.24, 2.45) is 0 Å². The van der Waals surface area contributed by atoms with Crippen molar-refractivity contribution in [2.45, 2.75) is 19.4 Å². The summed E-state index contributed by atoms with van der Waals surface area (Å²) < 4.78 is 4.90. The molecule has 0 radical (unpaired) electrons. The molecule has 6 nitrogen and oxygen atoms in total. The van der Waals surface area contributed by atoms with E-state index in [0.717, 1.165) is 21.7 Å². The van der Waals surface area contributed by atoms with Crippen molar-refractivity contribution in [1.82, 2.24) is 10.3 Å². The minimum Gasteiger partial charge on any atom is -0.467 e. The SMILES string of the molecule is COC(=O)[C@H](Cc1ccccc1)NC(=O)c1cccc(Nc2nc(-c3ccc(Cl)cc3)c(C)s2)c1. The van der Waals surface area contributed by atoms with Gasteiger partial charge in [-0.3, -0.25) is 4.79 Å². The molecule has 0 bridgehead atoms. The van der Waals surface area contributed by atoms with Crippen molar-refractivity contribution in [3.8, 4) is 11.3 Å². The Kier molecular flexibility index (Phi) is 7.80. The number of rotatable bonds is 8. The highest BCUT2D eigenvalue weighted by atomic mass is 35.5. The highest BCUT2D eigenvalue weighted by Crippen LogP contribution is 2.32. The van der Waals surface area contributed by atoms with E-state index in [-0.39, 0.29) is 5.91 Å². The molecule has 8 heteroatoms. The molecule has 0 spiro atoms. The predicted octanol–water partition coefficient (Wildman–Crippen LogP) is 6.03. The Bertz CT molecular complexity index is 1320. The van der Waals surface area contributed by atoms with E-state index in [0.29, 0.717) is 27.8 Å². The van der Waals surface area contributed by atoms with Crippen molar-refractivity contribution in [3.05, 3.63) is 99.9 Å². The van der Waals surface area contributed by atoms with Gasteiger partial charge in [-0.05, 0) is 42.8 Å². The molecule has 0 saturated heterocycles. The standard InChI is InChI=1S/C27H24ClN3O3S/c1-17-24(19-11-13-21(28)14-12-19)31-27(35-17)29-22-10-6-9-20(16-22)25(32)30-23(26(33)34-2)15-18-7-4-3-5-8-18/h3-14,16,23H,15H2,1-2H3,(H,29,31)(H,30,32)/t23-/m0/s1. The van der Waals surface area contributed by atoms with E-state index in [1.54, 1.807) is 18.2 Å². The summed E-state index contributed by atoms with van der Waals surface area (Å²) in [7, 11) is 1.31. The molecule has 0 aliphatic carbocycles. The van der Waals surface area contributed by atoms with Gasteiger partial charge in [-0.15, -0.1) is 11.3 Å². The molecule has 3 aromatic carbocycles. The Morgan fingerprint density at radius 2 is 1.77 bits per heavy atom. The van der Waals surface area contributed by atoms with Crippen LogP contribution in [0.3, 0.4) is 0 Å². The smallest absolute Gasteiger partial charge is 0.328 e. The minimum absolute atomic E-state index is 0.336. The van der Waals surface area contributed by atoms with Crippen molar-refractivity contribution < 1.29 is 14.3 Å². The minimum atomic E-state index is -0.796. The number of thiazole rings is 1. The van der Waals surface area contributed by atoms with Crippen LogP contribution in [0.5, 0.6) is 0 Å². The maximum Gasteiger partial charge on any atom is 0.328 e. The van der Waals surface area contributed by atoms with E-state index in [4.69, 9.17) is 21.3 Å². The third kappa shape index (κ3) is 6.26. The fourth-order valence-electron chi connectivity index (χ4n) is 3.61. The molecule has 2 N–H and O–H groups in total. The zero-order chi connectivity index (χ0) is 24.8. The number of nitrogens with zero attached hydrogens (tertiary/aromatic N) is 1. The number of aryl methyl sites for hydroxylation is 1. The van der Waals surface area contributed by atoms with Crippen molar-refractivity contribution >= 4 is 45.6 Å². The first kappa shape index (κ1) is 24.4. The lowest BCUT2D eigenvalue weighted by molar-refractivity contribution is -0.142. The van der Waals surface area contributed by atoms with Gasteiger partial charge in [0, 0.05) is 33.1 Å². The number of hydrogen-bond acceptors (Lipinski definition) is 6. The molecule has 178 valence electrons. The van der Waals surface area contributed by atoms with Gasteiger partial charge >= 0.3 is 5.97 Å². The second-order valence-corrected chi connectivity index (χ2v) is 9.52. The zero-order valence-electron chi connectivity index (χ0n) is 19.2. The lowest BCUT2D eigenvalue weighted by atomic mass is 10.1. The average Bonchev–Trinajstić information content (AvgIpc) is 3.24. The van der Waals surface area contributed by atoms with E-state index in [9.17, 15) is 9.59 Å². The van der Waals surface area contributed by atoms with Gasteiger partial charge in [0.1, 0.15) is 6.04 Å². The largest absolute Gasteiger partial charge is 0.467 e. The molecule has 1 amide bonds. The van der Waals surface area contributed by atoms with Gasteiger partial charge in [0.15, 0.2) is 5.13 Å². The van der Waals surface area contributed by atoms with E-state index >= 15 is 0 Å². The number of halogens is 1. The molecule has 0 unspecified atom stereocenters. The molecule has 1 aromatic heterocycles. The molecular weight excluding hydrogens is 482 g/mol. The fraction of sp³-hybridized carbons (Fsp3) is 0.148. The highest BCUT2D eigenvalue weighted by molar-refractivity contribution is 7.16. The molecule has 0 saturated carbocycles. The number of carbonyl (C=O) groups is 2. The van der Waals surface area contributed by atoms with E-state index in [1.165, 1.54) is 18.4 Å². The first-order chi connectivity index (χ1) is 16.9. The molecule has 0 fully saturated rings. The monoisotopic (exact) mass is 505 g/mol. The number of amides is 1. The molecule has 1 heterocycles. The van der Waals surface area contributed by atoms with Crippen LogP contribution in [-0.2, 0) is 16.0 Å². The Labute approximate surface area is 212 Å². The molecule has 4 aromatic rings. The van der Waals surface area contributed by atoms with Crippen LogP contribution in [-0.4, -0.2) is 30.0 Å². The number of esters is 1. The maximum absolute atomic E-state index is 13.0. The Morgan fingerprint density at radius 1 is 1.03 bits per heavy atom. The summed E-state index contributed by atoms with van der Waals surface area (Å²) in [5.41, 5.74) is 3.92. The van der Waals surface area contributed by atoms with E-state index in [1.807, 2.05) is 67.6 Å². The summed E-state index contributed by atoms with van der Waals surface area (Å²) in [6.45, 7) is 2.01. The van der Waals surface area contributed by atoms with Crippen LogP contribution in [0.25, 0.3) is 11.3 Å². The second kappa shape index (κ2) is 11.2.